The molecule has 1 saturated heterocycles. The summed E-state index contributed by atoms with van der Waals surface area (Å²) in [7, 11) is 0. The average Bonchev–Trinajstić information content (AvgIpc) is 3.32. The second-order valence-electron chi connectivity index (χ2n) is 5.73. The summed E-state index contributed by atoms with van der Waals surface area (Å²) in [4.78, 5) is 30.6. The molecule has 0 spiro atoms. The topological polar surface area (TPSA) is 64.4 Å². The first-order valence-electron chi connectivity index (χ1n) is 7.69. The Morgan fingerprint density at radius 3 is 2.95 bits per heavy atom. The van der Waals surface area contributed by atoms with Gasteiger partial charge in [-0.25, -0.2) is 4.98 Å². The maximum Gasteiger partial charge on any atom is 0.310 e. The van der Waals surface area contributed by atoms with Gasteiger partial charge in [0.2, 0.25) is 0 Å². The fourth-order valence-electron chi connectivity index (χ4n) is 2.89. The van der Waals surface area contributed by atoms with Crippen LogP contribution in [-0.2, 0) is 9.53 Å². The number of hydrogen-bond acceptors (Lipinski definition) is 5. The molecule has 3 rings (SSSR count). The molecule has 1 aliphatic carbocycles. The molecule has 2 heterocycles. The van der Waals surface area contributed by atoms with E-state index in [0.717, 1.165) is 32.2 Å². The number of ether oxygens (including phenoxy) is 1. The van der Waals surface area contributed by atoms with E-state index in [1.807, 2.05) is 11.8 Å². The number of carbonyl (C=O) groups excluding carboxylic acids is 1. The first kappa shape index (κ1) is 14.1. The van der Waals surface area contributed by atoms with Gasteiger partial charge in [0, 0.05) is 31.5 Å². The van der Waals surface area contributed by atoms with Crippen molar-refractivity contribution >= 4 is 11.8 Å². The third kappa shape index (κ3) is 2.94. The predicted molar refractivity (Wildman–Crippen MR) is 78.3 cm³/mol. The predicted octanol–water partition coefficient (Wildman–Crippen LogP) is 1.36. The quantitative estimate of drug-likeness (QED) is 0.784. The molecule has 1 aliphatic heterocycles. The van der Waals surface area contributed by atoms with Crippen LogP contribution in [0, 0.1) is 5.92 Å². The Hall–Kier alpha value is -1.85. The molecule has 0 aromatic carbocycles. The Morgan fingerprint density at radius 2 is 2.24 bits per heavy atom. The summed E-state index contributed by atoms with van der Waals surface area (Å²) in [6.45, 7) is 3.50. The molecule has 6 heteroatoms. The van der Waals surface area contributed by atoms with Gasteiger partial charge in [-0.2, -0.15) is 0 Å². The monoisotopic (exact) mass is 291 g/mol. The van der Waals surface area contributed by atoms with Crippen molar-refractivity contribution in [2.45, 2.75) is 38.6 Å². The molecule has 6 nitrogen and oxygen atoms in total. The molecule has 1 unspecified atom stereocenters. The van der Waals surface area contributed by atoms with Crippen LogP contribution in [0.25, 0.3) is 0 Å². The molecular formula is C15H21N3O3. The molecule has 0 N–H and O–H groups in total. The summed E-state index contributed by atoms with van der Waals surface area (Å²) in [6, 6.07) is 0.338. The second-order valence-corrected chi connectivity index (χ2v) is 5.73. The third-order valence-electron chi connectivity index (χ3n) is 4.13. The highest BCUT2D eigenvalue weighted by Crippen LogP contribution is 2.33. The number of anilines is 1. The lowest BCUT2D eigenvalue weighted by Gasteiger charge is -2.32. The van der Waals surface area contributed by atoms with Gasteiger partial charge in [0.25, 0.3) is 5.56 Å². The van der Waals surface area contributed by atoms with Crippen LogP contribution in [0.5, 0.6) is 0 Å². The summed E-state index contributed by atoms with van der Waals surface area (Å²) < 4.78 is 6.87. The maximum absolute atomic E-state index is 12.5. The summed E-state index contributed by atoms with van der Waals surface area (Å²) in [5.74, 6) is 0.147. The number of carbonyl (C=O) groups is 1. The van der Waals surface area contributed by atoms with E-state index in [1.54, 1.807) is 17.0 Å². The number of aromatic nitrogens is 2. The lowest BCUT2D eigenvalue weighted by molar-refractivity contribution is -0.148. The Bertz CT molecular complexity index is 580. The van der Waals surface area contributed by atoms with Crippen LogP contribution in [0.3, 0.4) is 0 Å². The first-order valence-corrected chi connectivity index (χ1v) is 7.69. The van der Waals surface area contributed by atoms with Crippen LogP contribution in [0.1, 0.15) is 38.6 Å². The number of rotatable bonds is 4. The highest BCUT2D eigenvalue weighted by atomic mass is 16.5. The fourth-order valence-corrected chi connectivity index (χ4v) is 2.89. The van der Waals surface area contributed by atoms with Crippen molar-refractivity contribution < 1.29 is 9.53 Å². The molecular weight excluding hydrogens is 270 g/mol. The van der Waals surface area contributed by atoms with Crippen molar-refractivity contribution in [2.24, 2.45) is 5.92 Å². The molecule has 1 saturated carbocycles. The highest BCUT2D eigenvalue weighted by Gasteiger charge is 2.30. The van der Waals surface area contributed by atoms with E-state index in [1.165, 1.54) is 0 Å². The van der Waals surface area contributed by atoms with Crippen molar-refractivity contribution in [2.75, 3.05) is 24.6 Å². The highest BCUT2D eigenvalue weighted by molar-refractivity contribution is 5.73. The van der Waals surface area contributed by atoms with Gasteiger partial charge in [0.15, 0.2) is 5.82 Å². The van der Waals surface area contributed by atoms with E-state index >= 15 is 0 Å². The zero-order chi connectivity index (χ0) is 14.8. The molecule has 2 aliphatic rings. The number of nitrogens with zero attached hydrogens (tertiary/aromatic N) is 3. The molecule has 2 fully saturated rings. The Kier molecular flexibility index (Phi) is 3.94. The van der Waals surface area contributed by atoms with E-state index in [0.29, 0.717) is 25.0 Å². The number of esters is 1. The van der Waals surface area contributed by atoms with Crippen molar-refractivity contribution in [1.82, 2.24) is 9.55 Å². The van der Waals surface area contributed by atoms with E-state index in [-0.39, 0.29) is 17.4 Å². The minimum absolute atomic E-state index is 0.0375. The summed E-state index contributed by atoms with van der Waals surface area (Å²) in [5.41, 5.74) is -0.0375. The van der Waals surface area contributed by atoms with Crippen LogP contribution in [0.4, 0.5) is 5.82 Å². The van der Waals surface area contributed by atoms with Gasteiger partial charge < -0.3 is 14.2 Å². The Labute approximate surface area is 123 Å². The molecule has 114 valence electrons. The average molecular weight is 291 g/mol. The summed E-state index contributed by atoms with van der Waals surface area (Å²) in [5, 5.41) is 0. The zero-order valence-electron chi connectivity index (χ0n) is 12.3. The summed E-state index contributed by atoms with van der Waals surface area (Å²) >= 11 is 0. The van der Waals surface area contributed by atoms with Crippen LogP contribution >= 0.6 is 0 Å². The van der Waals surface area contributed by atoms with E-state index in [9.17, 15) is 9.59 Å². The molecule has 0 radical (unpaired) electrons. The smallest absolute Gasteiger partial charge is 0.310 e. The van der Waals surface area contributed by atoms with Gasteiger partial charge in [-0.3, -0.25) is 9.59 Å². The van der Waals surface area contributed by atoms with E-state index < -0.39 is 0 Å². The van der Waals surface area contributed by atoms with Crippen molar-refractivity contribution in [3.8, 4) is 0 Å². The largest absolute Gasteiger partial charge is 0.466 e. The van der Waals surface area contributed by atoms with Crippen molar-refractivity contribution in [3.05, 3.63) is 22.7 Å². The molecule has 21 heavy (non-hydrogen) atoms. The van der Waals surface area contributed by atoms with Gasteiger partial charge >= 0.3 is 5.97 Å². The number of hydrogen-bond donors (Lipinski definition) is 0. The lowest BCUT2D eigenvalue weighted by atomic mass is 9.98. The maximum atomic E-state index is 12.5. The van der Waals surface area contributed by atoms with Crippen LogP contribution in [0.15, 0.2) is 17.2 Å². The van der Waals surface area contributed by atoms with Gasteiger partial charge in [0.1, 0.15) is 0 Å². The molecule has 1 aromatic heterocycles. The third-order valence-corrected chi connectivity index (χ3v) is 4.13. The second kappa shape index (κ2) is 5.87. The van der Waals surface area contributed by atoms with Crippen LogP contribution in [-0.4, -0.2) is 35.2 Å². The SMILES string of the molecule is CCOC(=O)C1CCCN(c2nccn(C3CC3)c2=O)C1. The molecule has 0 bridgehead atoms. The van der Waals surface area contributed by atoms with Gasteiger partial charge in [0.05, 0.1) is 12.5 Å². The van der Waals surface area contributed by atoms with E-state index in [2.05, 4.69) is 4.98 Å². The Morgan fingerprint density at radius 1 is 1.43 bits per heavy atom. The minimum atomic E-state index is -0.166. The van der Waals surface area contributed by atoms with E-state index in [4.69, 9.17) is 4.74 Å². The lowest BCUT2D eigenvalue weighted by Crippen LogP contribution is -2.43. The van der Waals surface area contributed by atoms with Crippen molar-refractivity contribution in [3.63, 3.8) is 0 Å². The van der Waals surface area contributed by atoms with Crippen molar-refractivity contribution in [1.29, 1.82) is 0 Å². The fraction of sp³-hybridized carbons (Fsp3) is 0.667. The van der Waals surface area contributed by atoms with Gasteiger partial charge in [-0.05, 0) is 32.6 Å². The molecule has 0 amide bonds. The van der Waals surface area contributed by atoms with Gasteiger partial charge in [-0.1, -0.05) is 0 Å². The van der Waals surface area contributed by atoms with Crippen LogP contribution in [0.2, 0.25) is 0 Å². The van der Waals surface area contributed by atoms with Crippen LogP contribution < -0.4 is 10.5 Å². The normalized spacial score (nSPS) is 22.1. The number of piperidine rings is 1. The minimum Gasteiger partial charge on any atom is -0.466 e. The standard InChI is InChI=1S/C15H21N3O3/c1-2-21-15(20)11-4-3-8-17(10-11)13-14(19)18(9-7-16-13)12-5-6-12/h7,9,11-12H,2-6,8,10H2,1H3. The molecule has 1 atom stereocenters. The summed E-state index contributed by atoms with van der Waals surface area (Å²) in [6.07, 6.45) is 7.27. The molecule has 1 aromatic rings. The zero-order valence-corrected chi connectivity index (χ0v) is 12.3. The van der Waals surface area contributed by atoms with Gasteiger partial charge in [-0.15, -0.1) is 0 Å². The Balaban J connectivity index is 1.78. The first-order chi connectivity index (χ1) is 10.2.